The highest BCUT2D eigenvalue weighted by molar-refractivity contribution is 5.85. The first kappa shape index (κ1) is 18.4. The SMILES string of the molecule is CNC[C@@H]1CCc2cccc(-c3ccc(OC)cc3OC)c2O1.Cl. The fourth-order valence-electron chi connectivity index (χ4n) is 3.07. The molecule has 0 aromatic heterocycles. The first-order valence-corrected chi connectivity index (χ1v) is 7.92. The summed E-state index contributed by atoms with van der Waals surface area (Å²) in [6.45, 7) is 0.855. The minimum absolute atomic E-state index is 0. The molecule has 2 aromatic rings. The Morgan fingerprint density at radius 1 is 1.12 bits per heavy atom. The lowest BCUT2D eigenvalue weighted by Gasteiger charge is -2.28. The number of methoxy groups -OCH3 is 2. The maximum absolute atomic E-state index is 6.26. The average molecular weight is 350 g/mol. The number of hydrogen-bond acceptors (Lipinski definition) is 4. The molecular weight excluding hydrogens is 326 g/mol. The van der Waals surface area contributed by atoms with Crippen LogP contribution in [0.25, 0.3) is 11.1 Å². The van der Waals surface area contributed by atoms with E-state index in [1.807, 2.05) is 25.2 Å². The quantitative estimate of drug-likeness (QED) is 0.893. The highest BCUT2D eigenvalue weighted by Gasteiger charge is 2.23. The van der Waals surface area contributed by atoms with Gasteiger partial charge in [0, 0.05) is 23.7 Å². The van der Waals surface area contributed by atoms with Crippen molar-refractivity contribution in [2.45, 2.75) is 18.9 Å². The van der Waals surface area contributed by atoms with Crippen molar-refractivity contribution in [3.63, 3.8) is 0 Å². The van der Waals surface area contributed by atoms with Gasteiger partial charge in [-0.3, -0.25) is 0 Å². The summed E-state index contributed by atoms with van der Waals surface area (Å²) in [6, 6.07) is 12.2. The molecule has 1 N–H and O–H groups in total. The number of benzene rings is 2. The molecule has 0 radical (unpaired) electrons. The molecule has 0 aliphatic carbocycles. The summed E-state index contributed by atoms with van der Waals surface area (Å²) in [5, 5.41) is 3.20. The molecule has 1 aliphatic rings. The Hall–Kier alpha value is -1.91. The Morgan fingerprint density at radius 2 is 1.96 bits per heavy atom. The molecule has 2 aromatic carbocycles. The largest absolute Gasteiger partial charge is 0.497 e. The van der Waals surface area contributed by atoms with Gasteiger partial charge in [-0.2, -0.15) is 0 Å². The van der Waals surface area contributed by atoms with E-state index in [9.17, 15) is 0 Å². The first-order chi connectivity index (χ1) is 11.3. The van der Waals surface area contributed by atoms with Gasteiger partial charge in [0.1, 0.15) is 23.4 Å². The van der Waals surface area contributed by atoms with Crippen LogP contribution in [0.2, 0.25) is 0 Å². The smallest absolute Gasteiger partial charge is 0.130 e. The molecule has 0 saturated carbocycles. The Bertz CT molecular complexity index is 690. The van der Waals surface area contributed by atoms with E-state index in [4.69, 9.17) is 14.2 Å². The monoisotopic (exact) mass is 349 g/mol. The summed E-state index contributed by atoms with van der Waals surface area (Å²) in [4.78, 5) is 0. The number of aryl methyl sites for hydroxylation is 1. The number of fused-ring (bicyclic) bond motifs is 1. The molecular formula is C19H24ClNO3. The lowest BCUT2D eigenvalue weighted by Crippen LogP contribution is -2.32. The van der Waals surface area contributed by atoms with Gasteiger partial charge in [-0.15, -0.1) is 12.4 Å². The van der Waals surface area contributed by atoms with Crippen molar-refractivity contribution < 1.29 is 14.2 Å². The Balaban J connectivity index is 0.00000208. The highest BCUT2D eigenvalue weighted by atomic mass is 35.5. The van der Waals surface area contributed by atoms with Gasteiger partial charge in [0.05, 0.1) is 14.2 Å². The van der Waals surface area contributed by atoms with Gasteiger partial charge in [0.15, 0.2) is 0 Å². The van der Waals surface area contributed by atoms with Crippen LogP contribution in [-0.2, 0) is 6.42 Å². The van der Waals surface area contributed by atoms with E-state index in [0.29, 0.717) is 0 Å². The molecule has 0 spiro atoms. The molecule has 1 heterocycles. The second-order valence-corrected chi connectivity index (χ2v) is 5.70. The number of ether oxygens (including phenoxy) is 3. The van der Waals surface area contributed by atoms with Crippen LogP contribution in [0.5, 0.6) is 17.2 Å². The van der Waals surface area contributed by atoms with Crippen molar-refractivity contribution in [1.29, 1.82) is 0 Å². The molecule has 1 aliphatic heterocycles. The number of nitrogens with one attached hydrogen (secondary N) is 1. The van der Waals surface area contributed by atoms with Crippen molar-refractivity contribution in [1.82, 2.24) is 5.32 Å². The molecule has 4 nitrogen and oxygen atoms in total. The van der Waals surface area contributed by atoms with E-state index in [0.717, 1.165) is 47.8 Å². The fraction of sp³-hybridized carbons (Fsp3) is 0.368. The number of likely N-dealkylation sites (N-methyl/N-ethyl adjacent to an activating group) is 1. The first-order valence-electron chi connectivity index (χ1n) is 7.92. The maximum Gasteiger partial charge on any atom is 0.130 e. The summed E-state index contributed by atoms with van der Waals surface area (Å²) in [7, 11) is 5.29. The minimum Gasteiger partial charge on any atom is -0.497 e. The zero-order valence-corrected chi connectivity index (χ0v) is 15.1. The summed E-state index contributed by atoms with van der Waals surface area (Å²) < 4.78 is 17.1. The van der Waals surface area contributed by atoms with E-state index in [2.05, 4.69) is 23.5 Å². The third-order valence-corrected chi connectivity index (χ3v) is 4.25. The van der Waals surface area contributed by atoms with E-state index in [1.165, 1.54) is 5.56 Å². The zero-order chi connectivity index (χ0) is 16.2. The lowest BCUT2D eigenvalue weighted by atomic mass is 9.95. The van der Waals surface area contributed by atoms with Gasteiger partial charge < -0.3 is 19.5 Å². The predicted octanol–water partition coefficient (Wildman–Crippen LogP) is 3.71. The van der Waals surface area contributed by atoms with Crippen LogP contribution >= 0.6 is 12.4 Å². The van der Waals surface area contributed by atoms with Crippen LogP contribution in [0, 0.1) is 0 Å². The molecule has 1 atom stereocenters. The van der Waals surface area contributed by atoms with Crippen LogP contribution < -0.4 is 19.5 Å². The van der Waals surface area contributed by atoms with Crippen molar-refractivity contribution in [3.05, 3.63) is 42.0 Å². The second-order valence-electron chi connectivity index (χ2n) is 5.70. The van der Waals surface area contributed by atoms with Crippen molar-refractivity contribution >= 4 is 12.4 Å². The number of halogens is 1. The summed E-state index contributed by atoms with van der Waals surface area (Å²) in [5.74, 6) is 2.55. The normalized spacial score (nSPS) is 15.7. The number of para-hydroxylation sites is 1. The third kappa shape index (κ3) is 3.60. The van der Waals surface area contributed by atoms with Gasteiger partial charge in [0.2, 0.25) is 0 Å². The van der Waals surface area contributed by atoms with Gasteiger partial charge in [-0.25, -0.2) is 0 Å². The van der Waals surface area contributed by atoms with Crippen molar-refractivity contribution in [2.75, 3.05) is 27.8 Å². The Labute approximate surface area is 149 Å². The van der Waals surface area contributed by atoms with Gasteiger partial charge in [-0.05, 0) is 37.6 Å². The highest BCUT2D eigenvalue weighted by Crippen LogP contribution is 2.42. The van der Waals surface area contributed by atoms with Gasteiger partial charge in [-0.1, -0.05) is 18.2 Å². The fourth-order valence-corrected chi connectivity index (χ4v) is 3.07. The molecule has 0 fully saturated rings. The van der Waals surface area contributed by atoms with Crippen molar-refractivity contribution in [3.8, 4) is 28.4 Å². The molecule has 0 saturated heterocycles. The van der Waals surface area contributed by atoms with Crippen LogP contribution in [0.3, 0.4) is 0 Å². The van der Waals surface area contributed by atoms with E-state index < -0.39 is 0 Å². The summed E-state index contributed by atoms with van der Waals surface area (Å²) in [5.41, 5.74) is 3.35. The third-order valence-electron chi connectivity index (χ3n) is 4.25. The van der Waals surface area contributed by atoms with Crippen LogP contribution in [0.1, 0.15) is 12.0 Å². The summed E-state index contributed by atoms with van der Waals surface area (Å²) >= 11 is 0. The Kier molecular flexibility index (Phi) is 6.35. The average Bonchev–Trinajstić information content (AvgIpc) is 2.61. The van der Waals surface area contributed by atoms with Crippen LogP contribution in [0.15, 0.2) is 36.4 Å². The molecule has 3 rings (SSSR count). The summed E-state index contributed by atoms with van der Waals surface area (Å²) in [6.07, 6.45) is 2.28. The molecule has 0 unspecified atom stereocenters. The molecule has 24 heavy (non-hydrogen) atoms. The molecule has 0 amide bonds. The van der Waals surface area contributed by atoms with E-state index >= 15 is 0 Å². The van der Waals surface area contributed by atoms with E-state index in [1.54, 1.807) is 14.2 Å². The minimum atomic E-state index is 0. The van der Waals surface area contributed by atoms with Crippen LogP contribution in [0.4, 0.5) is 0 Å². The maximum atomic E-state index is 6.26. The van der Waals surface area contributed by atoms with Gasteiger partial charge >= 0.3 is 0 Å². The Morgan fingerprint density at radius 3 is 2.67 bits per heavy atom. The topological polar surface area (TPSA) is 39.7 Å². The second kappa shape index (κ2) is 8.27. The van der Waals surface area contributed by atoms with Gasteiger partial charge in [0.25, 0.3) is 0 Å². The predicted molar refractivity (Wildman–Crippen MR) is 98.9 cm³/mol. The van der Waals surface area contributed by atoms with E-state index in [-0.39, 0.29) is 18.5 Å². The van der Waals surface area contributed by atoms with Crippen LogP contribution in [-0.4, -0.2) is 33.9 Å². The zero-order valence-electron chi connectivity index (χ0n) is 14.3. The van der Waals surface area contributed by atoms with Crippen molar-refractivity contribution in [2.24, 2.45) is 0 Å². The lowest BCUT2D eigenvalue weighted by molar-refractivity contribution is 0.174. The molecule has 5 heteroatoms. The number of rotatable bonds is 5. The molecule has 130 valence electrons. The molecule has 0 bridgehead atoms. The standard InChI is InChI=1S/C19H23NO3.ClH/c1-20-12-15-8-7-13-5-4-6-17(19(13)23-15)16-10-9-14(21-2)11-18(16)22-3;/h4-6,9-11,15,20H,7-8,12H2,1-3H3;1H/t15-;/m0./s1. The number of hydrogen-bond donors (Lipinski definition) is 1.